The van der Waals surface area contributed by atoms with E-state index in [0.717, 1.165) is 11.1 Å². The van der Waals surface area contributed by atoms with Gasteiger partial charge in [-0.2, -0.15) is 0 Å². The first-order valence-electron chi connectivity index (χ1n) is 13.1. The van der Waals surface area contributed by atoms with Gasteiger partial charge in [-0.15, -0.1) is 0 Å². The Labute approximate surface area is 230 Å². The maximum Gasteiger partial charge on any atom is 0.408 e. The number of nitrogens with one attached hydrogen (secondary N) is 2. The Bertz CT molecular complexity index is 1070. The van der Waals surface area contributed by atoms with Crippen LogP contribution in [0.15, 0.2) is 60.7 Å². The van der Waals surface area contributed by atoms with E-state index < -0.39 is 41.6 Å². The van der Waals surface area contributed by atoms with Crippen LogP contribution in [0.25, 0.3) is 0 Å². The molecule has 0 fully saturated rings. The summed E-state index contributed by atoms with van der Waals surface area (Å²) in [5, 5.41) is 5.22. The zero-order valence-electron chi connectivity index (χ0n) is 23.4. The molecule has 0 aromatic heterocycles. The van der Waals surface area contributed by atoms with Gasteiger partial charge >= 0.3 is 18.0 Å². The van der Waals surface area contributed by atoms with E-state index in [4.69, 9.17) is 14.2 Å². The van der Waals surface area contributed by atoms with Crippen molar-refractivity contribution in [1.82, 2.24) is 10.6 Å². The first-order valence-corrected chi connectivity index (χ1v) is 13.1. The summed E-state index contributed by atoms with van der Waals surface area (Å²) >= 11 is 0. The number of hydrogen-bond acceptors (Lipinski definition) is 7. The number of hydrogen-bond donors (Lipinski definition) is 2. The molecule has 9 nitrogen and oxygen atoms in total. The standard InChI is InChI=1S/C30H40N2O7/c1-21(2)18-25(28(35)38-20-23-14-10-7-11-15-23)31-27(34)24(32-29(36)39-30(3,4)5)16-17-26(33)37-19-22-12-8-6-9-13-22/h6-15,21,24-25H,16-20H2,1-5H3,(H,31,34)(H,32,36)/t24-,25-/m1/s1. The number of ether oxygens (including phenoxy) is 3. The minimum atomic E-state index is -1.14. The molecule has 0 saturated heterocycles. The maximum atomic E-state index is 13.3. The Kier molecular flexibility index (Phi) is 12.5. The molecule has 2 aromatic carbocycles. The molecule has 2 rings (SSSR count). The average molecular weight is 541 g/mol. The van der Waals surface area contributed by atoms with E-state index in [9.17, 15) is 19.2 Å². The molecule has 0 radical (unpaired) electrons. The van der Waals surface area contributed by atoms with E-state index in [1.54, 1.807) is 20.8 Å². The SMILES string of the molecule is CC(C)C[C@@H](NC(=O)[C@@H](CCC(=O)OCc1ccccc1)NC(=O)OC(C)(C)C)C(=O)OCc1ccccc1. The first kappa shape index (κ1) is 31.3. The fraction of sp³-hybridized carbons (Fsp3) is 0.467. The highest BCUT2D eigenvalue weighted by atomic mass is 16.6. The molecule has 0 unspecified atom stereocenters. The van der Waals surface area contributed by atoms with Crippen molar-refractivity contribution in [3.05, 3.63) is 71.8 Å². The minimum Gasteiger partial charge on any atom is -0.461 e. The van der Waals surface area contributed by atoms with Crippen molar-refractivity contribution >= 4 is 23.9 Å². The molecule has 9 heteroatoms. The van der Waals surface area contributed by atoms with Gasteiger partial charge in [0.25, 0.3) is 0 Å². The predicted octanol–water partition coefficient (Wildman–Crippen LogP) is 4.68. The maximum absolute atomic E-state index is 13.3. The molecule has 0 heterocycles. The highest BCUT2D eigenvalue weighted by molar-refractivity contribution is 5.90. The summed E-state index contributed by atoms with van der Waals surface area (Å²) in [6.07, 6.45) is -0.662. The van der Waals surface area contributed by atoms with Crippen LogP contribution in [0.1, 0.15) is 65.0 Å². The van der Waals surface area contributed by atoms with Gasteiger partial charge in [-0.3, -0.25) is 9.59 Å². The van der Waals surface area contributed by atoms with Gasteiger partial charge in [0.2, 0.25) is 5.91 Å². The molecule has 39 heavy (non-hydrogen) atoms. The lowest BCUT2D eigenvalue weighted by molar-refractivity contribution is -0.150. The van der Waals surface area contributed by atoms with Crippen LogP contribution in [0.4, 0.5) is 4.79 Å². The third-order valence-electron chi connectivity index (χ3n) is 5.42. The summed E-state index contributed by atoms with van der Waals surface area (Å²) in [5.41, 5.74) is 0.859. The number of alkyl carbamates (subject to hydrolysis) is 1. The lowest BCUT2D eigenvalue weighted by Crippen LogP contribution is -2.53. The molecule has 2 aromatic rings. The molecule has 0 saturated carbocycles. The number of amides is 2. The fourth-order valence-corrected chi connectivity index (χ4v) is 3.58. The Balaban J connectivity index is 2.05. The third kappa shape index (κ3) is 13.0. The van der Waals surface area contributed by atoms with E-state index in [1.807, 2.05) is 74.5 Å². The largest absolute Gasteiger partial charge is 0.461 e. The second kappa shape index (κ2) is 15.5. The minimum absolute atomic E-state index is 0.0494. The summed E-state index contributed by atoms with van der Waals surface area (Å²) in [5.74, 6) is -1.66. The highest BCUT2D eigenvalue weighted by Gasteiger charge is 2.30. The molecule has 0 spiro atoms. The molecule has 212 valence electrons. The highest BCUT2D eigenvalue weighted by Crippen LogP contribution is 2.12. The molecular formula is C30H40N2O7. The second-order valence-electron chi connectivity index (χ2n) is 10.7. The quantitative estimate of drug-likeness (QED) is 0.280. The second-order valence-corrected chi connectivity index (χ2v) is 10.7. The zero-order valence-corrected chi connectivity index (χ0v) is 23.4. The van der Waals surface area contributed by atoms with Crippen LogP contribution in [-0.2, 0) is 41.8 Å². The first-order chi connectivity index (χ1) is 18.4. The lowest BCUT2D eigenvalue weighted by atomic mass is 10.0. The summed E-state index contributed by atoms with van der Waals surface area (Å²) in [4.78, 5) is 51.0. The van der Waals surface area contributed by atoms with Crippen molar-refractivity contribution < 1.29 is 33.4 Å². The van der Waals surface area contributed by atoms with Crippen molar-refractivity contribution in [2.75, 3.05) is 0 Å². The van der Waals surface area contributed by atoms with Crippen molar-refractivity contribution in [2.45, 2.75) is 84.8 Å². The van der Waals surface area contributed by atoms with Crippen LogP contribution in [0, 0.1) is 5.92 Å². The van der Waals surface area contributed by atoms with Crippen LogP contribution in [0.2, 0.25) is 0 Å². The average Bonchev–Trinajstić information content (AvgIpc) is 2.87. The predicted molar refractivity (Wildman–Crippen MR) is 146 cm³/mol. The summed E-state index contributed by atoms with van der Waals surface area (Å²) in [7, 11) is 0. The third-order valence-corrected chi connectivity index (χ3v) is 5.42. The van der Waals surface area contributed by atoms with Crippen molar-refractivity contribution in [1.29, 1.82) is 0 Å². The molecule has 0 aliphatic rings. The topological polar surface area (TPSA) is 120 Å². The van der Waals surface area contributed by atoms with Gasteiger partial charge in [0.05, 0.1) is 0 Å². The van der Waals surface area contributed by atoms with Crippen molar-refractivity contribution in [3.63, 3.8) is 0 Å². The zero-order chi connectivity index (χ0) is 28.8. The number of benzene rings is 2. The summed E-state index contributed by atoms with van der Waals surface area (Å²) in [6.45, 7) is 9.10. The summed E-state index contributed by atoms with van der Waals surface area (Å²) < 4.78 is 16.0. The van der Waals surface area contributed by atoms with Crippen LogP contribution in [0.5, 0.6) is 0 Å². The van der Waals surface area contributed by atoms with Gasteiger partial charge in [0.1, 0.15) is 30.9 Å². The lowest BCUT2D eigenvalue weighted by Gasteiger charge is -2.25. The van der Waals surface area contributed by atoms with Gasteiger partial charge in [0.15, 0.2) is 0 Å². The molecule has 0 bridgehead atoms. The van der Waals surface area contributed by atoms with E-state index in [2.05, 4.69) is 10.6 Å². The van der Waals surface area contributed by atoms with Crippen LogP contribution in [-0.4, -0.2) is 41.6 Å². The fourth-order valence-electron chi connectivity index (χ4n) is 3.58. The molecule has 2 amide bonds. The molecule has 0 aliphatic heterocycles. The monoisotopic (exact) mass is 540 g/mol. The Morgan fingerprint density at radius 3 is 1.82 bits per heavy atom. The van der Waals surface area contributed by atoms with E-state index in [-0.39, 0.29) is 32.0 Å². The molecule has 2 N–H and O–H groups in total. The Hall–Kier alpha value is -3.88. The van der Waals surface area contributed by atoms with Gasteiger partial charge in [0, 0.05) is 6.42 Å². The molecule has 0 aliphatic carbocycles. The van der Waals surface area contributed by atoms with E-state index in [1.165, 1.54) is 0 Å². The van der Waals surface area contributed by atoms with Gasteiger partial charge in [-0.1, -0.05) is 74.5 Å². The van der Waals surface area contributed by atoms with Gasteiger partial charge in [-0.05, 0) is 50.7 Å². The number of esters is 2. The van der Waals surface area contributed by atoms with E-state index in [0.29, 0.717) is 6.42 Å². The number of rotatable bonds is 13. The van der Waals surface area contributed by atoms with Crippen LogP contribution >= 0.6 is 0 Å². The van der Waals surface area contributed by atoms with E-state index >= 15 is 0 Å². The summed E-state index contributed by atoms with van der Waals surface area (Å²) in [6, 6.07) is 16.3. The van der Waals surface area contributed by atoms with Crippen molar-refractivity contribution in [2.24, 2.45) is 5.92 Å². The van der Waals surface area contributed by atoms with Crippen LogP contribution < -0.4 is 10.6 Å². The smallest absolute Gasteiger partial charge is 0.408 e. The van der Waals surface area contributed by atoms with Gasteiger partial charge in [-0.25, -0.2) is 9.59 Å². The Morgan fingerprint density at radius 1 is 0.769 bits per heavy atom. The van der Waals surface area contributed by atoms with Crippen molar-refractivity contribution in [3.8, 4) is 0 Å². The Morgan fingerprint density at radius 2 is 1.31 bits per heavy atom. The normalized spacial score (nSPS) is 12.7. The number of carbonyl (C=O) groups excluding carboxylic acids is 4. The molecular weight excluding hydrogens is 500 g/mol. The number of carbonyl (C=O) groups is 4. The molecule has 2 atom stereocenters. The van der Waals surface area contributed by atoms with Gasteiger partial charge < -0.3 is 24.8 Å². The van der Waals surface area contributed by atoms with Crippen LogP contribution in [0.3, 0.4) is 0 Å².